The summed E-state index contributed by atoms with van der Waals surface area (Å²) < 4.78 is 9.21. The first-order valence-electron chi connectivity index (χ1n) is 18.9. The van der Waals surface area contributed by atoms with Crippen molar-refractivity contribution in [3.8, 4) is 39.5 Å². The Morgan fingerprint density at radius 2 is 1.18 bits per heavy atom. The molecular weight excluding hydrogens is 671 g/mol. The number of hydrogen-bond donors (Lipinski definition) is 0. The molecule has 1 aliphatic rings. The zero-order chi connectivity index (χ0) is 36.4. The molecule has 3 heterocycles. The van der Waals surface area contributed by atoms with Crippen LogP contribution in [-0.4, -0.2) is 14.5 Å². The van der Waals surface area contributed by atoms with Gasteiger partial charge in [-0.15, -0.1) is 0 Å². The van der Waals surface area contributed by atoms with Crippen LogP contribution in [0, 0.1) is 0 Å². The van der Waals surface area contributed by atoms with Gasteiger partial charge in [0.15, 0.2) is 0 Å². The summed E-state index contributed by atoms with van der Waals surface area (Å²) in [6.07, 6.45) is 0. The summed E-state index contributed by atoms with van der Waals surface area (Å²) in [5, 5.41) is 7.82. The second kappa shape index (κ2) is 11.0. The second-order valence-corrected chi connectivity index (χ2v) is 15.3. The molecule has 0 fully saturated rings. The molecule has 55 heavy (non-hydrogen) atoms. The molecule has 0 saturated heterocycles. The number of aromatic nitrogens is 3. The van der Waals surface area contributed by atoms with Gasteiger partial charge in [-0.25, -0.2) is 9.97 Å². The number of nitrogens with zero attached hydrogens (tertiary/aromatic N) is 3. The normalized spacial score (nSPS) is 13.4. The van der Waals surface area contributed by atoms with Gasteiger partial charge in [-0.3, -0.25) is 4.57 Å². The maximum Gasteiger partial charge on any atom is 0.235 e. The number of rotatable bonds is 3. The van der Waals surface area contributed by atoms with Crippen LogP contribution in [-0.2, 0) is 5.41 Å². The van der Waals surface area contributed by atoms with Crippen LogP contribution in [0.2, 0.25) is 0 Å². The monoisotopic (exact) mass is 703 g/mol. The van der Waals surface area contributed by atoms with Gasteiger partial charge in [0.25, 0.3) is 0 Å². The zero-order valence-electron chi connectivity index (χ0n) is 30.3. The maximum absolute atomic E-state index is 6.99. The fourth-order valence-electron chi connectivity index (χ4n) is 9.46. The second-order valence-electron chi connectivity index (χ2n) is 15.3. The number of benzene rings is 8. The third-order valence-electron chi connectivity index (χ3n) is 12.0. The third kappa shape index (κ3) is 4.17. The molecule has 0 amide bonds. The summed E-state index contributed by atoms with van der Waals surface area (Å²) in [6, 6.07) is 58.5. The van der Waals surface area contributed by atoms with Crippen molar-refractivity contribution in [1.29, 1.82) is 0 Å². The van der Waals surface area contributed by atoms with Crippen molar-refractivity contribution in [1.82, 2.24) is 14.5 Å². The predicted octanol–water partition coefficient (Wildman–Crippen LogP) is 13.4. The molecule has 12 rings (SSSR count). The molecule has 11 aromatic rings. The highest BCUT2D eigenvalue weighted by molar-refractivity contribution is 6.29. The average Bonchev–Trinajstić information content (AvgIpc) is 3.86. The lowest BCUT2D eigenvalue weighted by Gasteiger charge is -2.22. The maximum atomic E-state index is 6.99. The first-order valence-corrected chi connectivity index (χ1v) is 18.9. The highest BCUT2D eigenvalue weighted by Crippen LogP contribution is 2.50. The third-order valence-corrected chi connectivity index (χ3v) is 12.0. The number of fused-ring (bicyclic) bond motifs is 13. The number of hydrogen-bond acceptors (Lipinski definition) is 3. The van der Waals surface area contributed by atoms with Gasteiger partial charge in [-0.1, -0.05) is 141 Å². The topological polar surface area (TPSA) is 43.9 Å². The van der Waals surface area contributed by atoms with Crippen molar-refractivity contribution in [2.75, 3.05) is 0 Å². The van der Waals surface area contributed by atoms with Crippen molar-refractivity contribution < 1.29 is 4.42 Å². The largest absolute Gasteiger partial charge is 0.455 e. The first kappa shape index (κ1) is 30.4. The quantitative estimate of drug-likeness (QED) is 0.184. The van der Waals surface area contributed by atoms with Crippen LogP contribution in [0.3, 0.4) is 0 Å². The molecule has 0 atom stereocenters. The lowest BCUT2D eigenvalue weighted by Crippen LogP contribution is -2.15. The molecule has 4 heteroatoms. The Kier molecular flexibility index (Phi) is 6.09. The minimum absolute atomic E-state index is 0.119. The Hall–Kier alpha value is -7.04. The van der Waals surface area contributed by atoms with E-state index in [-0.39, 0.29) is 5.41 Å². The molecule has 258 valence electrons. The fraction of sp³-hybridized carbons (Fsp3) is 0.0588. The predicted molar refractivity (Wildman–Crippen MR) is 227 cm³/mol. The lowest BCUT2D eigenvalue weighted by molar-refractivity contribution is 0.660. The summed E-state index contributed by atoms with van der Waals surface area (Å²) in [5.41, 5.74) is 14.2. The van der Waals surface area contributed by atoms with E-state index in [2.05, 4.69) is 182 Å². The summed E-state index contributed by atoms with van der Waals surface area (Å²) in [7, 11) is 0. The van der Waals surface area contributed by atoms with Gasteiger partial charge < -0.3 is 4.42 Å². The van der Waals surface area contributed by atoms with E-state index in [9.17, 15) is 0 Å². The molecule has 0 saturated carbocycles. The smallest absolute Gasteiger partial charge is 0.235 e. The van der Waals surface area contributed by atoms with Gasteiger partial charge in [0, 0.05) is 32.5 Å². The molecule has 8 aromatic carbocycles. The molecule has 3 aromatic heterocycles. The minimum Gasteiger partial charge on any atom is -0.455 e. The van der Waals surface area contributed by atoms with E-state index < -0.39 is 0 Å². The Morgan fingerprint density at radius 3 is 2.05 bits per heavy atom. The minimum atomic E-state index is -0.119. The molecule has 1 aliphatic carbocycles. The van der Waals surface area contributed by atoms with Gasteiger partial charge in [-0.2, -0.15) is 0 Å². The SMILES string of the molecule is CC1(C)c2ccccc2-c2ccc(-c3nc(-n4c5ccccc5c5c6oc7cc(-c8ccccc8)c8ccccc8c7c6ccc54)nc4ccccc34)cc21. The molecule has 4 nitrogen and oxygen atoms in total. The van der Waals surface area contributed by atoms with Crippen LogP contribution in [0.4, 0.5) is 0 Å². The van der Waals surface area contributed by atoms with E-state index in [0.717, 1.165) is 71.5 Å². The highest BCUT2D eigenvalue weighted by Gasteiger charge is 2.35. The molecular formula is C51H33N3O. The molecule has 0 unspecified atom stereocenters. The Morgan fingerprint density at radius 1 is 0.473 bits per heavy atom. The van der Waals surface area contributed by atoms with Crippen LogP contribution in [0.1, 0.15) is 25.0 Å². The number of para-hydroxylation sites is 2. The Balaban J connectivity index is 1.12. The zero-order valence-corrected chi connectivity index (χ0v) is 30.3. The molecule has 0 bridgehead atoms. The Bertz CT molecular complexity index is 3400. The highest BCUT2D eigenvalue weighted by atomic mass is 16.3. The van der Waals surface area contributed by atoms with Gasteiger partial charge in [0.1, 0.15) is 11.2 Å². The van der Waals surface area contributed by atoms with Gasteiger partial charge in [0.05, 0.1) is 27.6 Å². The van der Waals surface area contributed by atoms with E-state index in [4.69, 9.17) is 14.4 Å². The summed E-state index contributed by atoms with van der Waals surface area (Å²) in [4.78, 5) is 10.7. The fourth-order valence-corrected chi connectivity index (χ4v) is 9.46. The summed E-state index contributed by atoms with van der Waals surface area (Å²) in [5.74, 6) is 0.634. The van der Waals surface area contributed by atoms with Crippen molar-refractivity contribution in [3.05, 3.63) is 175 Å². The van der Waals surface area contributed by atoms with Gasteiger partial charge in [0.2, 0.25) is 5.95 Å². The van der Waals surface area contributed by atoms with E-state index in [1.54, 1.807) is 0 Å². The van der Waals surface area contributed by atoms with Crippen LogP contribution >= 0.6 is 0 Å². The van der Waals surface area contributed by atoms with Crippen LogP contribution in [0.5, 0.6) is 0 Å². The lowest BCUT2D eigenvalue weighted by atomic mass is 9.82. The van der Waals surface area contributed by atoms with Gasteiger partial charge in [-0.05, 0) is 80.6 Å². The molecule has 0 radical (unpaired) electrons. The van der Waals surface area contributed by atoms with Crippen molar-refractivity contribution >= 4 is 65.4 Å². The van der Waals surface area contributed by atoms with Gasteiger partial charge >= 0.3 is 0 Å². The Labute approximate surface area is 316 Å². The van der Waals surface area contributed by atoms with Crippen LogP contribution in [0.15, 0.2) is 168 Å². The molecule has 0 spiro atoms. The van der Waals surface area contributed by atoms with E-state index in [1.807, 2.05) is 0 Å². The number of furan rings is 1. The van der Waals surface area contributed by atoms with E-state index in [0.29, 0.717) is 5.95 Å². The van der Waals surface area contributed by atoms with Crippen molar-refractivity contribution in [2.45, 2.75) is 19.3 Å². The molecule has 0 N–H and O–H groups in total. The van der Waals surface area contributed by atoms with Crippen LogP contribution in [0.25, 0.3) is 105 Å². The van der Waals surface area contributed by atoms with E-state index >= 15 is 0 Å². The molecule has 0 aliphatic heterocycles. The standard InChI is InChI=1S/C51H33N3O/c1-51(2)40-21-11-8-17-33(40)34-25-24-31(28-41(34)51)48-36-19-9-12-22-42(36)52-50(53-48)54-43-23-13-10-20-37(43)47-44(54)27-26-38-46-35-18-7-6-16-32(35)39(29-45(46)55-49(38)47)30-14-4-3-5-15-30/h3-29H,1-2H3. The van der Waals surface area contributed by atoms with Crippen LogP contribution < -0.4 is 0 Å². The van der Waals surface area contributed by atoms with Crippen molar-refractivity contribution in [2.24, 2.45) is 0 Å². The average molecular weight is 704 g/mol. The van der Waals surface area contributed by atoms with Crippen molar-refractivity contribution in [3.63, 3.8) is 0 Å². The first-order chi connectivity index (χ1) is 27.0. The summed E-state index contributed by atoms with van der Waals surface area (Å²) >= 11 is 0. The summed E-state index contributed by atoms with van der Waals surface area (Å²) in [6.45, 7) is 4.65. The van der Waals surface area contributed by atoms with E-state index in [1.165, 1.54) is 38.6 Å².